The summed E-state index contributed by atoms with van der Waals surface area (Å²) in [7, 11) is 0. The van der Waals surface area contributed by atoms with Crippen molar-refractivity contribution in [3.8, 4) is 0 Å². The van der Waals surface area contributed by atoms with E-state index in [0.29, 0.717) is 18.2 Å². The van der Waals surface area contributed by atoms with Crippen LogP contribution >= 0.6 is 0 Å². The van der Waals surface area contributed by atoms with Crippen molar-refractivity contribution in [3.05, 3.63) is 39.9 Å². The molecule has 2 rings (SSSR count). The molecular weight excluding hydrogens is 244 g/mol. The highest BCUT2D eigenvalue weighted by Gasteiger charge is 2.26. The number of nitro benzene ring substituents is 1. The van der Waals surface area contributed by atoms with Crippen LogP contribution in [0.25, 0.3) is 0 Å². The van der Waals surface area contributed by atoms with Gasteiger partial charge in [-0.05, 0) is 31.9 Å². The van der Waals surface area contributed by atoms with Crippen LogP contribution in [0.4, 0.5) is 5.69 Å². The summed E-state index contributed by atoms with van der Waals surface area (Å²) in [5.41, 5.74) is 0.541. The normalized spacial score (nSPS) is 15.4. The van der Waals surface area contributed by atoms with Gasteiger partial charge in [-0.2, -0.15) is 0 Å². The van der Waals surface area contributed by atoms with E-state index in [2.05, 4.69) is 0 Å². The maximum atomic E-state index is 12.4. The molecule has 0 aliphatic heterocycles. The maximum absolute atomic E-state index is 12.4. The Labute approximate surface area is 112 Å². The molecule has 1 aliphatic rings. The van der Waals surface area contributed by atoms with E-state index in [0.717, 1.165) is 12.8 Å². The molecule has 19 heavy (non-hydrogen) atoms. The first-order chi connectivity index (χ1) is 9.13. The van der Waals surface area contributed by atoms with Crippen molar-refractivity contribution in [2.24, 2.45) is 0 Å². The number of nitrogens with zero attached hydrogens (tertiary/aromatic N) is 2. The first-order valence-corrected chi connectivity index (χ1v) is 6.69. The molecule has 5 heteroatoms. The molecule has 0 heterocycles. The van der Waals surface area contributed by atoms with Gasteiger partial charge in [0.1, 0.15) is 0 Å². The van der Waals surface area contributed by atoms with Crippen LogP contribution in [0.1, 0.15) is 43.0 Å². The van der Waals surface area contributed by atoms with Gasteiger partial charge in [0.05, 0.1) is 4.92 Å². The van der Waals surface area contributed by atoms with Crippen LogP contribution in [0, 0.1) is 10.1 Å². The minimum absolute atomic E-state index is 0.0143. The van der Waals surface area contributed by atoms with Crippen LogP contribution in [-0.4, -0.2) is 28.3 Å². The molecule has 0 aromatic heterocycles. The fourth-order valence-electron chi connectivity index (χ4n) is 2.68. The van der Waals surface area contributed by atoms with E-state index in [9.17, 15) is 14.9 Å². The lowest BCUT2D eigenvalue weighted by Gasteiger charge is -2.27. The zero-order valence-electron chi connectivity index (χ0n) is 11.0. The lowest BCUT2D eigenvalue weighted by atomic mass is 10.1. The summed E-state index contributed by atoms with van der Waals surface area (Å²) in [6, 6.07) is 6.18. The van der Waals surface area contributed by atoms with Crippen molar-refractivity contribution in [1.29, 1.82) is 0 Å². The molecule has 0 radical (unpaired) electrons. The zero-order chi connectivity index (χ0) is 13.8. The number of carbonyl (C=O) groups excluding carboxylic acids is 1. The van der Waals surface area contributed by atoms with Crippen molar-refractivity contribution < 1.29 is 9.72 Å². The Balaban J connectivity index is 2.14. The van der Waals surface area contributed by atoms with Crippen molar-refractivity contribution in [1.82, 2.24) is 4.90 Å². The van der Waals surface area contributed by atoms with Crippen molar-refractivity contribution >= 4 is 11.6 Å². The molecule has 0 atom stereocenters. The second-order valence-corrected chi connectivity index (χ2v) is 4.83. The molecule has 1 aliphatic carbocycles. The molecular formula is C14H18N2O3. The lowest BCUT2D eigenvalue weighted by molar-refractivity contribution is -0.384. The van der Waals surface area contributed by atoms with E-state index in [4.69, 9.17) is 0 Å². The first-order valence-electron chi connectivity index (χ1n) is 6.69. The van der Waals surface area contributed by atoms with Crippen molar-refractivity contribution in [3.63, 3.8) is 0 Å². The SMILES string of the molecule is CCN(C(=O)c1ccc([N+](=O)[O-])cc1)C1CCCC1. The smallest absolute Gasteiger partial charge is 0.269 e. The van der Waals surface area contributed by atoms with Gasteiger partial charge >= 0.3 is 0 Å². The number of hydrogen-bond acceptors (Lipinski definition) is 3. The average Bonchev–Trinajstić information content (AvgIpc) is 2.93. The third-order valence-electron chi connectivity index (χ3n) is 3.69. The highest BCUT2D eigenvalue weighted by atomic mass is 16.6. The number of rotatable bonds is 4. The third kappa shape index (κ3) is 2.92. The monoisotopic (exact) mass is 262 g/mol. The second-order valence-electron chi connectivity index (χ2n) is 4.83. The Hall–Kier alpha value is -1.91. The largest absolute Gasteiger partial charge is 0.336 e. The van der Waals surface area contributed by atoms with Crippen molar-refractivity contribution in [2.75, 3.05) is 6.54 Å². The van der Waals surface area contributed by atoms with E-state index in [1.165, 1.54) is 37.1 Å². The highest BCUT2D eigenvalue weighted by molar-refractivity contribution is 5.94. The summed E-state index contributed by atoms with van der Waals surface area (Å²) >= 11 is 0. The standard InChI is InChI=1S/C14H18N2O3/c1-2-15(12-5-3-4-6-12)14(17)11-7-9-13(10-8-11)16(18)19/h7-10,12H,2-6H2,1H3. The van der Waals surface area contributed by atoms with Gasteiger partial charge in [-0.25, -0.2) is 0 Å². The Morgan fingerprint density at radius 1 is 1.32 bits per heavy atom. The predicted octanol–water partition coefficient (Wildman–Crippen LogP) is 3.00. The van der Waals surface area contributed by atoms with E-state index in [-0.39, 0.29) is 11.6 Å². The van der Waals surface area contributed by atoms with Gasteiger partial charge in [0.2, 0.25) is 0 Å². The Morgan fingerprint density at radius 3 is 2.37 bits per heavy atom. The molecule has 102 valence electrons. The summed E-state index contributed by atoms with van der Waals surface area (Å²) in [6.45, 7) is 2.65. The van der Waals surface area contributed by atoms with Gasteiger partial charge in [0.25, 0.3) is 11.6 Å². The average molecular weight is 262 g/mol. The van der Waals surface area contributed by atoms with E-state index >= 15 is 0 Å². The van der Waals surface area contributed by atoms with Gasteiger partial charge in [-0.1, -0.05) is 12.8 Å². The fourth-order valence-corrected chi connectivity index (χ4v) is 2.68. The van der Waals surface area contributed by atoms with Gasteiger partial charge in [0.15, 0.2) is 0 Å². The molecule has 1 saturated carbocycles. The summed E-state index contributed by atoms with van der Waals surface area (Å²) in [5.74, 6) is -0.0238. The minimum Gasteiger partial charge on any atom is -0.336 e. The second kappa shape index (κ2) is 5.82. The highest BCUT2D eigenvalue weighted by Crippen LogP contribution is 2.25. The van der Waals surface area contributed by atoms with Gasteiger partial charge in [-0.15, -0.1) is 0 Å². The van der Waals surface area contributed by atoms with E-state index in [1.54, 1.807) is 0 Å². The Morgan fingerprint density at radius 2 is 1.89 bits per heavy atom. The van der Waals surface area contributed by atoms with Crippen LogP contribution < -0.4 is 0 Å². The number of benzene rings is 1. The molecule has 0 bridgehead atoms. The number of carbonyl (C=O) groups is 1. The Bertz CT molecular complexity index is 464. The van der Waals surface area contributed by atoms with Crippen LogP contribution in [0.5, 0.6) is 0 Å². The van der Waals surface area contributed by atoms with E-state index < -0.39 is 4.92 Å². The topological polar surface area (TPSA) is 63.5 Å². The number of amides is 1. The molecule has 0 unspecified atom stereocenters. The molecule has 1 aromatic rings. The maximum Gasteiger partial charge on any atom is 0.269 e. The molecule has 5 nitrogen and oxygen atoms in total. The molecule has 1 amide bonds. The summed E-state index contributed by atoms with van der Waals surface area (Å²) in [6.07, 6.45) is 4.47. The quantitative estimate of drug-likeness (QED) is 0.619. The van der Waals surface area contributed by atoms with E-state index in [1.807, 2.05) is 11.8 Å². The fraction of sp³-hybridized carbons (Fsp3) is 0.500. The van der Waals surface area contributed by atoms with Gasteiger partial charge < -0.3 is 4.90 Å². The molecule has 1 aromatic carbocycles. The van der Waals surface area contributed by atoms with Crippen molar-refractivity contribution in [2.45, 2.75) is 38.6 Å². The molecule has 1 fully saturated rings. The molecule has 0 saturated heterocycles. The van der Waals surface area contributed by atoms with Crippen LogP contribution in [0.3, 0.4) is 0 Å². The Kier molecular flexibility index (Phi) is 4.14. The van der Waals surface area contributed by atoms with Crippen LogP contribution in [-0.2, 0) is 0 Å². The zero-order valence-corrected chi connectivity index (χ0v) is 11.0. The number of nitro groups is 1. The van der Waals surface area contributed by atoms with Crippen LogP contribution in [0.15, 0.2) is 24.3 Å². The predicted molar refractivity (Wildman–Crippen MR) is 72.1 cm³/mol. The first kappa shape index (κ1) is 13.5. The number of hydrogen-bond donors (Lipinski definition) is 0. The number of non-ortho nitro benzene ring substituents is 1. The summed E-state index contributed by atoms with van der Waals surface area (Å²) in [5, 5.41) is 10.6. The summed E-state index contributed by atoms with van der Waals surface area (Å²) in [4.78, 5) is 24.4. The summed E-state index contributed by atoms with van der Waals surface area (Å²) < 4.78 is 0. The molecule has 0 spiro atoms. The minimum atomic E-state index is -0.456. The van der Waals surface area contributed by atoms with Gasteiger partial charge in [0, 0.05) is 30.3 Å². The lowest BCUT2D eigenvalue weighted by Crippen LogP contribution is -2.38. The third-order valence-corrected chi connectivity index (χ3v) is 3.69. The molecule has 0 N–H and O–H groups in total. The van der Waals surface area contributed by atoms with Crippen LogP contribution in [0.2, 0.25) is 0 Å². The van der Waals surface area contributed by atoms with Gasteiger partial charge in [-0.3, -0.25) is 14.9 Å².